The molecule has 1 aliphatic heterocycles. The molecule has 1 amide bonds. The Morgan fingerprint density at radius 3 is 2.62 bits per heavy atom. The Bertz CT molecular complexity index is 1230. The summed E-state index contributed by atoms with van der Waals surface area (Å²) in [7, 11) is -2.40. The number of hydrogen-bond acceptors (Lipinski definition) is 6. The Hall–Kier alpha value is -3.01. The van der Waals surface area contributed by atoms with E-state index in [2.05, 4.69) is 15.5 Å². The number of carbonyl (C=O) groups is 1. The second-order valence-electron chi connectivity index (χ2n) is 8.88. The summed E-state index contributed by atoms with van der Waals surface area (Å²) < 4.78 is 7.88. The highest BCUT2D eigenvalue weighted by atomic mass is 35.5. The van der Waals surface area contributed by atoms with E-state index in [1.807, 2.05) is 74.0 Å². The first-order valence-corrected chi connectivity index (χ1v) is 14.7. The SMILES string of the molecule is CCNC(=O)CC1N=C(c2ccc(Cl)cc2)c2cc(OC[Si](C)(C)O)ccc2-n2c(C)nnc21. The van der Waals surface area contributed by atoms with Crippen LogP contribution >= 0.6 is 11.6 Å². The van der Waals surface area contributed by atoms with E-state index in [1.54, 1.807) is 0 Å². The van der Waals surface area contributed by atoms with Crippen LogP contribution in [0.5, 0.6) is 5.75 Å². The third-order valence-electron chi connectivity index (χ3n) is 5.36. The Morgan fingerprint density at radius 2 is 1.94 bits per heavy atom. The van der Waals surface area contributed by atoms with Crippen molar-refractivity contribution in [2.45, 2.75) is 39.4 Å². The molecule has 2 aromatic carbocycles. The minimum Gasteiger partial charge on any atom is -0.494 e. The largest absolute Gasteiger partial charge is 0.494 e. The Kier molecular flexibility index (Phi) is 6.88. The van der Waals surface area contributed by atoms with Gasteiger partial charge in [0.2, 0.25) is 14.2 Å². The maximum Gasteiger partial charge on any atom is 0.222 e. The molecule has 0 radical (unpaired) electrons. The second kappa shape index (κ2) is 9.69. The molecule has 10 heteroatoms. The quantitative estimate of drug-likeness (QED) is 0.484. The summed E-state index contributed by atoms with van der Waals surface area (Å²) in [5, 5.41) is 12.1. The van der Waals surface area contributed by atoms with Gasteiger partial charge in [-0.15, -0.1) is 10.2 Å². The molecule has 3 aromatic rings. The number of amides is 1. The number of halogens is 1. The summed E-state index contributed by atoms with van der Waals surface area (Å²) in [5.41, 5.74) is 3.23. The van der Waals surface area contributed by atoms with Crippen molar-refractivity contribution in [2.75, 3.05) is 12.8 Å². The van der Waals surface area contributed by atoms with Crippen LogP contribution in [-0.2, 0) is 4.79 Å². The lowest BCUT2D eigenvalue weighted by molar-refractivity contribution is -0.121. The Balaban J connectivity index is 1.89. The molecule has 0 aliphatic carbocycles. The van der Waals surface area contributed by atoms with Gasteiger partial charge in [0, 0.05) is 22.7 Å². The molecule has 0 bridgehead atoms. The van der Waals surface area contributed by atoms with Crippen molar-refractivity contribution in [2.24, 2.45) is 4.99 Å². The summed E-state index contributed by atoms with van der Waals surface area (Å²) >= 11 is 6.15. The van der Waals surface area contributed by atoms with E-state index in [1.165, 1.54) is 0 Å². The van der Waals surface area contributed by atoms with Crippen LogP contribution in [0.4, 0.5) is 0 Å². The number of fused-ring (bicyclic) bond motifs is 3. The smallest absolute Gasteiger partial charge is 0.222 e. The maximum absolute atomic E-state index is 12.5. The van der Waals surface area contributed by atoms with Gasteiger partial charge in [0.15, 0.2) is 5.82 Å². The topological polar surface area (TPSA) is 102 Å². The van der Waals surface area contributed by atoms with Crippen LogP contribution in [0, 0.1) is 6.92 Å². The maximum atomic E-state index is 12.5. The molecule has 1 unspecified atom stereocenters. The average molecular weight is 498 g/mol. The predicted molar refractivity (Wildman–Crippen MR) is 134 cm³/mol. The number of aromatic nitrogens is 3. The van der Waals surface area contributed by atoms with Crippen LogP contribution in [0.3, 0.4) is 0 Å². The van der Waals surface area contributed by atoms with Crippen molar-refractivity contribution >= 4 is 31.5 Å². The van der Waals surface area contributed by atoms with Gasteiger partial charge in [-0.3, -0.25) is 14.4 Å². The number of nitrogens with zero attached hydrogens (tertiary/aromatic N) is 4. The first-order valence-electron chi connectivity index (χ1n) is 11.2. The van der Waals surface area contributed by atoms with Gasteiger partial charge >= 0.3 is 0 Å². The summed E-state index contributed by atoms with van der Waals surface area (Å²) in [6, 6.07) is 12.6. The van der Waals surface area contributed by atoms with E-state index >= 15 is 0 Å². The average Bonchev–Trinajstić information content (AvgIpc) is 3.10. The fraction of sp³-hybridized carbons (Fsp3) is 0.333. The number of aryl methyl sites for hydroxylation is 1. The molecule has 178 valence electrons. The molecule has 34 heavy (non-hydrogen) atoms. The van der Waals surface area contributed by atoms with Gasteiger partial charge < -0.3 is 14.8 Å². The lowest BCUT2D eigenvalue weighted by atomic mass is 10.00. The zero-order chi connectivity index (χ0) is 24.5. The minimum atomic E-state index is -2.40. The molecule has 1 atom stereocenters. The normalized spacial score (nSPS) is 15.1. The standard InChI is InChI=1S/C24H28ClN5O3Si/c1-5-26-22(31)13-20-24-29-28-15(2)30(24)21-11-10-18(33-14-34(3,4)32)12-19(21)23(27-20)16-6-8-17(25)9-7-16/h6-12,20,32H,5,13-14H2,1-4H3,(H,26,31). The molecule has 0 fully saturated rings. The molecule has 8 nitrogen and oxygen atoms in total. The first kappa shape index (κ1) is 24.1. The van der Waals surface area contributed by atoms with Crippen LogP contribution in [-0.4, -0.2) is 52.3 Å². The molecule has 2 heterocycles. The molecule has 0 spiro atoms. The second-order valence-corrected chi connectivity index (χ2v) is 13.2. The number of aliphatic imine (C=N–C) groups is 1. The van der Waals surface area contributed by atoms with Gasteiger partial charge in [-0.25, -0.2) is 0 Å². The third kappa shape index (κ3) is 5.21. The highest BCUT2D eigenvalue weighted by Crippen LogP contribution is 2.34. The highest BCUT2D eigenvalue weighted by Gasteiger charge is 2.30. The van der Waals surface area contributed by atoms with Crippen molar-refractivity contribution in [3.8, 4) is 11.4 Å². The number of ether oxygens (including phenoxy) is 1. The first-order chi connectivity index (χ1) is 16.2. The van der Waals surface area contributed by atoms with Crippen LogP contribution in [0.2, 0.25) is 18.1 Å². The highest BCUT2D eigenvalue weighted by molar-refractivity contribution is 6.69. The Morgan fingerprint density at radius 1 is 1.21 bits per heavy atom. The van der Waals surface area contributed by atoms with Gasteiger partial charge in [-0.1, -0.05) is 23.7 Å². The summed E-state index contributed by atoms with van der Waals surface area (Å²) in [6.07, 6.45) is 0.417. The van der Waals surface area contributed by atoms with E-state index in [0.717, 1.165) is 16.8 Å². The summed E-state index contributed by atoms with van der Waals surface area (Å²) in [4.78, 5) is 27.8. The molecular weight excluding hydrogens is 470 g/mol. The fourth-order valence-electron chi connectivity index (χ4n) is 3.84. The lowest BCUT2D eigenvalue weighted by Gasteiger charge is -2.18. The lowest BCUT2D eigenvalue weighted by Crippen LogP contribution is -2.34. The van der Waals surface area contributed by atoms with E-state index in [0.29, 0.717) is 34.7 Å². The van der Waals surface area contributed by atoms with Crippen LogP contribution < -0.4 is 10.1 Å². The van der Waals surface area contributed by atoms with E-state index < -0.39 is 14.4 Å². The monoisotopic (exact) mass is 497 g/mol. The van der Waals surface area contributed by atoms with Crippen molar-refractivity contribution in [3.05, 3.63) is 70.3 Å². The van der Waals surface area contributed by atoms with Gasteiger partial charge in [0.25, 0.3) is 0 Å². The van der Waals surface area contributed by atoms with Crippen LogP contribution in [0.25, 0.3) is 5.69 Å². The number of rotatable bonds is 7. The number of carbonyl (C=O) groups excluding carboxylic acids is 1. The molecule has 0 saturated carbocycles. The zero-order valence-electron chi connectivity index (χ0n) is 19.7. The van der Waals surface area contributed by atoms with Gasteiger partial charge in [0.05, 0.1) is 17.8 Å². The van der Waals surface area contributed by atoms with Gasteiger partial charge in [0.1, 0.15) is 23.8 Å². The molecule has 2 N–H and O–H groups in total. The number of benzene rings is 2. The molecule has 0 saturated heterocycles. The number of hydrogen-bond donors (Lipinski definition) is 2. The summed E-state index contributed by atoms with van der Waals surface area (Å²) in [6.45, 7) is 7.96. The van der Waals surface area contributed by atoms with Gasteiger partial charge in [-0.05, 0) is 57.3 Å². The van der Waals surface area contributed by atoms with E-state index in [9.17, 15) is 9.59 Å². The van der Waals surface area contributed by atoms with E-state index in [-0.39, 0.29) is 18.6 Å². The molecule has 4 rings (SSSR count). The summed E-state index contributed by atoms with van der Waals surface area (Å²) in [5.74, 6) is 1.82. The van der Waals surface area contributed by atoms with Crippen molar-refractivity contribution in [3.63, 3.8) is 0 Å². The van der Waals surface area contributed by atoms with Crippen molar-refractivity contribution in [1.29, 1.82) is 0 Å². The van der Waals surface area contributed by atoms with Gasteiger partial charge in [-0.2, -0.15) is 0 Å². The fourth-order valence-corrected chi connectivity index (χ4v) is 4.49. The van der Waals surface area contributed by atoms with E-state index in [4.69, 9.17) is 21.3 Å². The van der Waals surface area contributed by atoms with Crippen LogP contribution in [0.1, 0.15) is 42.2 Å². The third-order valence-corrected chi connectivity index (χ3v) is 6.46. The molecule has 1 aromatic heterocycles. The zero-order valence-corrected chi connectivity index (χ0v) is 21.4. The predicted octanol–water partition coefficient (Wildman–Crippen LogP) is 3.76. The Labute approximate surface area is 204 Å². The molecule has 1 aliphatic rings. The molecular formula is C24H28ClN5O3Si. The van der Waals surface area contributed by atoms with Crippen molar-refractivity contribution in [1.82, 2.24) is 20.1 Å². The minimum absolute atomic E-state index is 0.107. The van der Waals surface area contributed by atoms with Crippen LogP contribution in [0.15, 0.2) is 47.5 Å². The number of nitrogens with one attached hydrogen (secondary N) is 1. The van der Waals surface area contributed by atoms with Crippen molar-refractivity contribution < 1.29 is 14.3 Å².